The molecular formula is C25H24BrFN4O4. The largest absolute Gasteiger partial charge is 0.508 e. The van der Waals surface area contributed by atoms with Gasteiger partial charge in [0, 0.05) is 30.1 Å². The van der Waals surface area contributed by atoms with Crippen molar-refractivity contribution >= 4 is 39.4 Å². The number of ether oxygens (including phenoxy) is 1. The van der Waals surface area contributed by atoms with Crippen LogP contribution in [0.4, 0.5) is 20.7 Å². The second-order valence-corrected chi connectivity index (χ2v) is 9.55. The van der Waals surface area contributed by atoms with E-state index in [4.69, 9.17) is 4.74 Å². The van der Waals surface area contributed by atoms with E-state index in [0.717, 1.165) is 5.56 Å². The molecule has 0 saturated carbocycles. The minimum absolute atomic E-state index is 0.0413. The number of pyridine rings is 1. The fourth-order valence-corrected chi connectivity index (χ4v) is 4.11. The minimum atomic E-state index is -1.85. The monoisotopic (exact) mass is 542 g/mol. The van der Waals surface area contributed by atoms with Crippen molar-refractivity contribution < 1.29 is 23.8 Å². The molecule has 1 aliphatic rings. The smallest absolute Gasteiger partial charge is 0.324 e. The van der Waals surface area contributed by atoms with Crippen LogP contribution in [-0.4, -0.2) is 34.4 Å². The summed E-state index contributed by atoms with van der Waals surface area (Å²) in [5.74, 6) is -1.61. The van der Waals surface area contributed by atoms with E-state index in [1.165, 1.54) is 24.8 Å². The molecule has 2 heterocycles. The number of fused-ring (bicyclic) bond motifs is 1. The normalized spacial score (nSPS) is 14.1. The standard InChI is InChI=1S/C25H24BrFN4O4/c1-14-10-19-23(28-12-14)31(13-21(33)29-19)24(34)30-22(18-9-6-16(26)11-20(18)32)15-4-7-17(8-5-15)35-25(2,3)27/h4-12,22,32H,13H2,1-3H3,(H,29,33)(H,30,34). The van der Waals surface area contributed by atoms with E-state index in [1.54, 1.807) is 48.7 Å². The van der Waals surface area contributed by atoms with E-state index in [2.05, 4.69) is 31.5 Å². The van der Waals surface area contributed by atoms with Gasteiger partial charge in [-0.2, -0.15) is 4.39 Å². The first-order chi connectivity index (χ1) is 16.5. The number of amides is 3. The van der Waals surface area contributed by atoms with Gasteiger partial charge < -0.3 is 20.5 Å². The highest BCUT2D eigenvalue weighted by molar-refractivity contribution is 9.10. The van der Waals surface area contributed by atoms with Crippen LogP contribution in [0, 0.1) is 6.92 Å². The summed E-state index contributed by atoms with van der Waals surface area (Å²) >= 11 is 3.32. The average Bonchev–Trinajstić information content (AvgIpc) is 2.76. The van der Waals surface area contributed by atoms with Gasteiger partial charge in [0.25, 0.3) is 0 Å². The number of aryl methyl sites for hydroxylation is 1. The number of halogens is 2. The maximum Gasteiger partial charge on any atom is 0.324 e. The number of aromatic hydroxyl groups is 1. The van der Waals surface area contributed by atoms with Crippen molar-refractivity contribution in [1.82, 2.24) is 10.3 Å². The third-order valence-electron chi connectivity index (χ3n) is 5.23. The number of anilines is 2. The maximum atomic E-state index is 13.9. The van der Waals surface area contributed by atoms with Gasteiger partial charge in [-0.15, -0.1) is 0 Å². The second kappa shape index (κ2) is 9.53. The summed E-state index contributed by atoms with van der Waals surface area (Å²) in [6.07, 6.45) is 1.61. The summed E-state index contributed by atoms with van der Waals surface area (Å²) in [6.45, 7) is 4.21. The summed E-state index contributed by atoms with van der Waals surface area (Å²) in [4.78, 5) is 31.3. The number of benzene rings is 2. The Morgan fingerprint density at radius 1 is 1.26 bits per heavy atom. The Hall–Kier alpha value is -3.66. The van der Waals surface area contributed by atoms with E-state index in [1.807, 2.05) is 6.92 Å². The third kappa shape index (κ3) is 5.71. The number of carbonyl (C=O) groups excluding carboxylic acids is 2. The van der Waals surface area contributed by atoms with E-state index in [-0.39, 0.29) is 18.2 Å². The zero-order valence-electron chi connectivity index (χ0n) is 19.3. The van der Waals surface area contributed by atoms with Crippen LogP contribution >= 0.6 is 15.9 Å². The highest BCUT2D eigenvalue weighted by Gasteiger charge is 2.31. The molecule has 0 radical (unpaired) electrons. The van der Waals surface area contributed by atoms with Crippen LogP contribution in [0.2, 0.25) is 0 Å². The van der Waals surface area contributed by atoms with Crippen molar-refractivity contribution in [2.45, 2.75) is 32.7 Å². The molecule has 1 aliphatic heterocycles. The molecule has 2 aromatic carbocycles. The van der Waals surface area contributed by atoms with Crippen LogP contribution in [-0.2, 0) is 4.79 Å². The highest BCUT2D eigenvalue weighted by atomic mass is 79.9. The van der Waals surface area contributed by atoms with Crippen molar-refractivity contribution in [3.63, 3.8) is 0 Å². The number of carbonyl (C=O) groups is 2. The number of aromatic nitrogens is 1. The molecule has 3 aromatic rings. The Morgan fingerprint density at radius 3 is 2.63 bits per heavy atom. The van der Waals surface area contributed by atoms with Gasteiger partial charge in [-0.25, -0.2) is 9.78 Å². The fourth-order valence-electron chi connectivity index (χ4n) is 3.76. The zero-order chi connectivity index (χ0) is 25.3. The van der Waals surface area contributed by atoms with E-state index in [0.29, 0.717) is 32.9 Å². The molecule has 182 valence electrons. The lowest BCUT2D eigenvalue weighted by Crippen LogP contribution is -2.48. The molecule has 10 heteroatoms. The lowest BCUT2D eigenvalue weighted by Gasteiger charge is -2.30. The average molecular weight is 543 g/mol. The molecule has 1 atom stereocenters. The first kappa shape index (κ1) is 24.5. The third-order valence-corrected chi connectivity index (χ3v) is 5.72. The van der Waals surface area contributed by atoms with Gasteiger partial charge in [0.2, 0.25) is 11.8 Å². The van der Waals surface area contributed by atoms with Crippen LogP contribution in [0.15, 0.2) is 59.2 Å². The van der Waals surface area contributed by atoms with Gasteiger partial charge in [0.05, 0.1) is 11.7 Å². The molecular weight excluding hydrogens is 519 g/mol. The number of hydrogen-bond donors (Lipinski definition) is 3. The maximum absolute atomic E-state index is 13.9. The molecule has 0 spiro atoms. The predicted molar refractivity (Wildman–Crippen MR) is 133 cm³/mol. The predicted octanol–water partition coefficient (Wildman–Crippen LogP) is 5.20. The van der Waals surface area contributed by atoms with Crippen molar-refractivity contribution in [3.8, 4) is 11.5 Å². The van der Waals surface area contributed by atoms with Crippen molar-refractivity contribution in [3.05, 3.63) is 75.9 Å². The van der Waals surface area contributed by atoms with E-state index in [9.17, 15) is 19.1 Å². The molecule has 1 unspecified atom stereocenters. The summed E-state index contributed by atoms with van der Waals surface area (Å²) in [5.41, 5.74) is 2.32. The Morgan fingerprint density at radius 2 is 1.97 bits per heavy atom. The number of nitrogens with zero attached hydrogens (tertiary/aromatic N) is 2. The molecule has 0 bridgehead atoms. The number of urea groups is 1. The Balaban J connectivity index is 1.69. The van der Waals surface area contributed by atoms with E-state index < -0.39 is 17.9 Å². The molecule has 0 saturated heterocycles. The number of phenolic OH excluding ortho intramolecular Hbond substituents is 1. The van der Waals surface area contributed by atoms with Gasteiger partial charge in [0.15, 0.2) is 5.82 Å². The second-order valence-electron chi connectivity index (χ2n) is 8.64. The number of nitrogens with one attached hydrogen (secondary N) is 2. The Bertz CT molecular complexity index is 1280. The highest BCUT2D eigenvalue weighted by Crippen LogP contribution is 2.34. The van der Waals surface area contributed by atoms with Crippen LogP contribution in [0.25, 0.3) is 0 Å². The van der Waals surface area contributed by atoms with Crippen LogP contribution in [0.1, 0.15) is 36.6 Å². The number of hydrogen-bond acceptors (Lipinski definition) is 5. The molecule has 0 aliphatic carbocycles. The summed E-state index contributed by atoms with van der Waals surface area (Å²) in [7, 11) is 0. The summed E-state index contributed by atoms with van der Waals surface area (Å²) in [6, 6.07) is 11.8. The Labute approximate surface area is 210 Å². The first-order valence-electron chi connectivity index (χ1n) is 10.8. The van der Waals surface area contributed by atoms with Gasteiger partial charge in [-0.3, -0.25) is 9.69 Å². The van der Waals surface area contributed by atoms with Crippen molar-refractivity contribution in [1.29, 1.82) is 0 Å². The van der Waals surface area contributed by atoms with Crippen LogP contribution in [0.3, 0.4) is 0 Å². The quantitative estimate of drug-likeness (QED) is 0.411. The molecule has 3 N–H and O–H groups in total. The molecule has 0 fully saturated rings. The topological polar surface area (TPSA) is 104 Å². The van der Waals surface area contributed by atoms with Crippen molar-refractivity contribution in [2.75, 3.05) is 16.8 Å². The molecule has 4 rings (SSSR count). The van der Waals surface area contributed by atoms with E-state index >= 15 is 0 Å². The molecule has 35 heavy (non-hydrogen) atoms. The lowest BCUT2D eigenvalue weighted by atomic mass is 9.97. The number of phenols is 1. The fraction of sp³-hybridized carbons (Fsp3) is 0.240. The lowest BCUT2D eigenvalue weighted by molar-refractivity contribution is -0.115. The van der Waals surface area contributed by atoms with Gasteiger partial charge in [-0.1, -0.05) is 34.1 Å². The number of rotatable bonds is 5. The van der Waals surface area contributed by atoms with Gasteiger partial charge in [-0.05, 0) is 48.4 Å². The van der Waals surface area contributed by atoms with Gasteiger partial charge >= 0.3 is 6.03 Å². The summed E-state index contributed by atoms with van der Waals surface area (Å²) < 4.78 is 19.8. The van der Waals surface area contributed by atoms with Crippen molar-refractivity contribution in [2.24, 2.45) is 0 Å². The van der Waals surface area contributed by atoms with Crippen LogP contribution < -0.4 is 20.3 Å². The molecule has 3 amide bonds. The zero-order valence-corrected chi connectivity index (χ0v) is 20.9. The Kier molecular flexibility index (Phi) is 6.66. The van der Waals surface area contributed by atoms with Crippen LogP contribution in [0.5, 0.6) is 11.5 Å². The minimum Gasteiger partial charge on any atom is -0.508 e. The first-order valence-corrected chi connectivity index (χ1v) is 11.6. The molecule has 8 nitrogen and oxygen atoms in total. The molecule has 1 aromatic heterocycles. The number of alkyl halides is 1. The summed E-state index contributed by atoms with van der Waals surface area (Å²) in [5, 5.41) is 16.3. The van der Waals surface area contributed by atoms with Gasteiger partial charge in [0.1, 0.15) is 18.0 Å². The SMILES string of the molecule is Cc1cnc2c(c1)NC(=O)CN2C(=O)NC(c1ccc(OC(C)(C)F)cc1)c1ccc(Br)cc1O.